The van der Waals surface area contributed by atoms with E-state index < -0.39 is 0 Å². The summed E-state index contributed by atoms with van der Waals surface area (Å²) in [6.45, 7) is 3.01. The molecule has 1 aliphatic rings. The van der Waals surface area contributed by atoms with Crippen molar-refractivity contribution < 1.29 is 4.74 Å². The fraction of sp³-hybridized carbons (Fsp3) is 0.500. The van der Waals surface area contributed by atoms with E-state index >= 15 is 0 Å². The molecule has 1 unspecified atom stereocenters. The van der Waals surface area contributed by atoms with Crippen molar-refractivity contribution in [1.29, 1.82) is 0 Å². The number of hydrogen-bond acceptors (Lipinski definition) is 3. The lowest BCUT2D eigenvalue weighted by molar-refractivity contribution is -0.0549. The fourth-order valence-corrected chi connectivity index (χ4v) is 2.15. The van der Waals surface area contributed by atoms with Gasteiger partial charge in [0.15, 0.2) is 0 Å². The van der Waals surface area contributed by atoms with E-state index in [1.807, 2.05) is 6.07 Å². The van der Waals surface area contributed by atoms with Crippen molar-refractivity contribution in [2.75, 3.05) is 33.4 Å². The number of ether oxygens (including phenoxy) is 1. The maximum atomic E-state index is 5.94. The Kier molecular flexibility index (Phi) is 3.05. The molecule has 3 nitrogen and oxygen atoms in total. The SMILES string of the molecule is CN1CCOCC1(CN)c1ccccc1. The Hall–Kier alpha value is -0.900. The molecule has 1 aromatic carbocycles. The number of nitrogens with two attached hydrogens (primary N) is 1. The standard InChI is InChI=1S/C12H18N2O/c1-14-7-8-15-10-12(14,9-13)11-5-3-2-4-6-11/h2-6H,7-10,13H2,1H3. The van der Waals surface area contributed by atoms with Crippen LogP contribution in [-0.4, -0.2) is 38.3 Å². The molecular weight excluding hydrogens is 188 g/mol. The third-order valence-corrected chi connectivity index (χ3v) is 3.29. The van der Waals surface area contributed by atoms with E-state index in [4.69, 9.17) is 10.5 Å². The van der Waals surface area contributed by atoms with Crippen molar-refractivity contribution in [3.8, 4) is 0 Å². The molecule has 2 rings (SSSR count). The van der Waals surface area contributed by atoms with Crippen LogP contribution in [0.15, 0.2) is 30.3 Å². The lowest BCUT2D eigenvalue weighted by atomic mass is 9.88. The first-order valence-corrected chi connectivity index (χ1v) is 5.34. The van der Waals surface area contributed by atoms with Crippen molar-refractivity contribution in [3.63, 3.8) is 0 Å². The minimum atomic E-state index is -0.139. The van der Waals surface area contributed by atoms with Gasteiger partial charge in [0.05, 0.1) is 18.8 Å². The van der Waals surface area contributed by atoms with Gasteiger partial charge in [-0.05, 0) is 12.6 Å². The van der Waals surface area contributed by atoms with Gasteiger partial charge in [-0.1, -0.05) is 30.3 Å². The summed E-state index contributed by atoms with van der Waals surface area (Å²) in [5.41, 5.74) is 7.04. The summed E-state index contributed by atoms with van der Waals surface area (Å²) in [5, 5.41) is 0. The maximum absolute atomic E-state index is 5.94. The molecule has 1 fully saturated rings. The number of likely N-dealkylation sites (N-methyl/N-ethyl adjacent to an activating group) is 1. The van der Waals surface area contributed by atoms with Crippen LogP contribution in [0, 0.1) is 0 Å². The third kappa shape index (κ3) is 1.78. The molecule has 0 saturated carbocycles. The van der Waals surface area contributed by atoms with Gasteiger partial charge < -0.3 is 10.5 Å². The predicted octanol–water partition coefficient (Wildman–Crippen LogP) is 0.803. The summed E-state index contributed by atoms with van der Waals surface area (Å²) < 4.78 is 5.58. The van der Waals surface area contributed by atoms with E-state index in [0.717, 1.165) is 13.2 Å². The van der Waals surface area contributed by atoms with Gasteiger partial charge in [-0.2, -0.15) is 0 Å². The predicted molar refractivity (Wildman–Crippen MR) is 60.6 cm³/mol. The summed E-state index contributed by atoms with van der Waals surface area (Å²) in [5.74, 6) is 0. The number of rotatable bonds is 2. The van der Waals surface area contributed by atoms with Crippen LogP contribution in [0.3, 0.4) is 0 Å². The second kappa shape index (κ2) is 4.31. The molecule has 1 atom stereocenters. The van der Waals surface area contributed by atoms with Gasteiger partial charge >= 0.3 is 0 Å². The Bertz CT molecular complexity index is 315. The monoisotopic (exact) mass is 206 g/mol. The van der Waals surface area contributed by atoms with Crippen LogP contribution in [0.4, 0.5) is 0 Å². The zero-order valence-corrected chi connectivity index (χ0v) is 9.15. The third-order valence-electron chi connectivity index (χ3n) is 3.29. The zero-order valence-electron chi connectivity index (χ0n) is 9.15. The van der Waals surface area contributed by atoms with E-state index in [0.29, 0.717) is 13.2 Å². The average molecular weight is 206 g/mol. The molecule has 15 heavy (non-hydrogen) atoms. The van der Waals surface area contributed by atoms with Gasteiger partial charge in [-0.3, -0.25) is 4.90 Å². The highest BCUT2D eigenvalue weighted by molar-refractivity contribution is 5.26. The Balaban J connectivity index is 2.35. The topological polar surface area (TPSA) is 38.5 Å². The van der Waals surface area contributed by atoms with Crippen molar-refractivity contribution in [3.05, 3.63) is 35.9 Å². The molecule has 2 N–H and O–H groups in total. The molecule has 0 amide bonds. The van der Waals surface area contributed by atoms with Crippen molar-refractivity contribution in [2.45, 2.75) is 5.54 Å². The van der Waals surface area contributed by atoms with E-state index in [9.17, 15) is 0 Å². The zero-order chi connectivity index (χ0) is 10.7. The number of morpholine rings is 1. The van der Waals surface area contributed by atoms with Gasteiger partial charge in [-0.15, -0.1) is 0 Å². The summed E-state index contributed by atoms with van der Waals surface area (Å²) in [4.78, 5) is 2.30. The van der Waals surface area contributed by atoms with E-state index in [1.165, 1.54) is 5.56 Å². The summed E-state index contributed by atoms with van der Waals surface area (Å²) >= 11 is 0. The average Bonchev–Trinajstić information content (AvgIpc) is 2.31. The Morgan fingerprint density at radius 1 is 1.40 bits per heavy atom. The minimum absolute atomic E-state index is 0.139. The highest BCUT2D eigenvalue weighted by Crippen LogP contribution is 2.29. The van der Waals surface area contributed by atoms with Crippen LogP contribution in [0.5, 0.6) is 0 Å². The molecule has 1 heterocycles. The van der Waals surface area contributed by atoms with Gasteiger partial charge in [0.25, 0.3) is 0 Å². The van der Waals surface area contributed by atoms with Crippen LogP contribution in [0.25, 0.3) is 0 Å². The molecule has 0 radical (unpaired) electrons. The summed E-state index contributed by atoms with van der Waals surface area (Å²) in [7, 11) is 2.11. The molecule has 0 bridgehead atoms. The Labute approximate surface area is 90.8 Å². The first kappa shape index (κ1) is 10.6. The molecule has 82 valence electrons. The van der Waals surface area contributed by atoms with E-state index in [-0.39, 0.29) is 5.54 Å². The largest absolute Gasteiger partial charge is 0.378 e. The smallest absolute Gasteiger partial charge is 0.0819 e. The second-order valence-corrected chi connectivity index (χ2v) is 4.08. The Morgan fingerprint density at radius 2 is 2.13 bits per heavy atom. The first-order chi connectivity index (χ1) is 7.29. The van der Waals surface area contributed by atoms with Crippen molar-refractivity contribution >= 4 is 0 Å². The van der Waals surface area contributed by atoms with Crippen molar-refractivity contribution in [2.24, 2.45) is 5.73 Å². The lowest BCUT2D eigenvalue weighted by Crippen LogP contribution is -2.56. The molecular formula is C12H18N2O. The normalized spacial score (nSPS) is 27.9. The first-order valence-electron chi connectivity index (χ1n) is 5.34. The summed E-state index contributed by atoms with van der Waals surface area (Å²) in [6.07, 6.45) is 0. The highest BCUT2D eigenvalue weighted by atomic mass is 16.5. The molecule has 1 aliphatic heterocycles. The van der Waals surface area contributed by atoms with Gasteiger partial charge in [0, 0.05) is 13.1 Å². The molecule has 1 saturated heterocycles. The molecule has 0 spiro atoms. The maximum Gasteiger partial charge on any atom is 0.0819 e. The summed E-state index contributed by atoms with van der Waals surface area (Å²) in [6, 6.07) is 10.4. The second-order valence-electron chi connectivity index (χ2n) is 4.08. The Morgan fingerprint density at radius 3 is 2.73 bits per heavy atom. The number of benzene rings is 1. The quantitative estimate of drug-likeness (QED) is 0.778. The van der Waals surface area contributed by atoms with Crippen LogP contribution in [-0.2, 0) is 10.3 Å². The fourth-order valence-electron chi connectivity index (χ4n) is 2.15. The van der Waals surface area contributed by atoms with Crippen LogP contribution < -0.4 is 5.73 Å². The van der Waals surface area contributed by atoms with Crippen molar-refractivity contribution in [1.82, 2.24) is 4.90 Å². The number of nitrogens with zero attached hydrogens (tertiary/aromatic N) is 1. The van der Waals surface area contributed by atoms with Crippen LogP contribution >= 0.6 is 0 Å². The van der Waals surface area contributed by atoms with Crippen LogP contribution in [0.1, 0.15) is 5.56 Å². The minimum Gasteiger partial charge on any atom is -0.378 e. The van der Waals surface area contributed by atoms with E-state index in [1.54, 1.807) is 0 Å². The van der Waals surface area contributed by atoms with Gasteiger partial charge in [0.2, 0.25) is 0 Å². The van der Waals surface area contributed by atoms with Crippen LogP contribution in [0.2, 0.25) is 0 Å². The van der Waals surface area contributed by atoms with Gasteiger partial charge in [0.1, 0.15) is 0 Å². The lowest BCUT2D eigenvalue weighted by Gasteiger charge is -2.44. The number of hydrogen-bond donors (Lipinski definition) is 1. The molecule has 0 aromatic heterocycles. The molecule has 0 aliphatic carbocycles. The molecule has 3 heteroatoms. The van der Waals surface area contributed by atoms with E-state index in [2.05, 4.69) is 36.2 Å². The highest BCUT2D eigenvalue weighted by Gasteiger charge is 2.37. The molecule has 1 aromatic rings. The van der Waals surface area contributed by atoms with Gasteiger partial charge in [-0.25, -0.2) is 0 Å².